The number of nitrogens with zero attached hydrogens (tertiary/aromatic N) is 4. The van der Waals surface area contributed by atoms with Crippen LogP contribution in [-0.2, 0) is 17.7 Å². The number of thioether (sulfide) groups is 1. The van der Waals surface area contributed by atoms with Gasteiger partial charge in [0.2, 0.25) is 0 Å². The molecule has 0 saturated carbocycles. The number of aryl methyl sites for hydroxylation is 1. The molecule has 0 atom stereocenters. The van der Waals surface area contributed by atoms with Gasteiger partial charge in [0, 0.05) is 5.56 Å². The van der Waals surface area contributed by atoms with Crippen LogP contribution < -0.4 is 5.56 Å². The summed E-state index contributed by atoms with van der Waals surface area (Å²) in [5.74, 6) is 2.64. The quantitative estimate of drug-likeness (QED) is 0.309. The number of para-hydroxylation sites is 1. The van der Waals surface area contributed by atoms with Crippen LogP contribution in [0.5, 0.6) is 0 Å². The number of fused-ring (bicyclic) bond motifs is 1. The van der Waals surface area contributed by atoms with Gasteiger partial charge in [-0.2, -0.15) is 0 Å². The lowest BCUT2D eigenvalue weighted by Crippen LogP contribution is -2.12. The van der Waals surface area contributed by atoms with E-state index in [4.69, 9.17) is 9.40 Å². The molecular weight excluding hydrogens is 458 g/mol. The third-order valence-electron chi connectivity index (χ3n) is 5.94. The lowest BCUT2D eigenvalue weighted by Gasteiger charge is -2.19. The molecule has 0 fully saturated rings. The number of hydrogen-bond acceptors (Lipinski definition) is 6. The highest BCUT2D eigenvalue weighted by Gasteiger charge is 2.18. The minimum Gasteiger partial charge on any atom is -0.467 e. The molecule has 0 unspecified atom stereocenters. The molecule has 3 aromatic heterocycles. The molecular formula is C27H27N5O2S. The molecule has 5 rings (SSSR count). The van der Waals surface area contributed by atoms with Crippen molar-refractivity contribution in [3.05, 3.63) is 93.9 Å². The van der Waals surface area contributed by atoms with Crippen molar-refractivity contribution in [1.29, 1.82) is 0 Å². The van der Waals surface area contributed by atoms with Gasteiger partial charge >= 0.3 is 0 Å². The van der Waals surface area contributed by atoms with Gasteiger partial charge in [-0.15, -0.1) is 10.2 Å². The molecule has 8 heteroatoms. The third-order valence-corrected chi connectivity index (χ3v) is 6.92. The van der Waals surface area contributed by atoms with Crippen molar-refractivity contribution in [2.24, 2.45) is 0 Å². The first kappa shape index (κ1) is 23.1. The van der Waals surface area contributed by atoms with E-state index in [1.54, 1.807) is 12.3 Å². The van der Waals surface area contributed by atoms with Crippen molar-refractivity contribution in [2.45, 2.75) is 50.6 Å². The highest BCUT2D eigenvalue weighted by molar-refractivity contribution is 7.98. The molecule has 0 aliphatic rings. The van der Waals surface area contributed by atoms with Crippen molar-refractivity contribution in [3.63, 3.8) is 0 Å². The molecule has 178 valence electrons. The first-order valence-corrected chi connectivity index (χ1v) is 12.5. The van der Waals surface area contributed by atoms with Crippen LogP contribution in [0.15, 0.2) is 75.2 Å². The number of hydrogen-bond donors (Lipinski definition) is 1. The Bertz CT molecular complexity index is 1530. The van der Waals surface area contributed by atoms with Crippen LogP contribution in [0.25, 0.3) is 22.3 Å². The Morgan fingerprint density at radius 1 is 1.03 bits per heavy atom. The SMILES string of the molecule is Cc1cccc2c(=O)[nH]c(CSc3nnc(-c4ccc(C(C)(C)C)cc4)n3Cc3ccco3)nc12. The third kappa shape index (κ3) is 4.79. The van der Waals surface area contributed by atoms with Crippen molar-refractivity contribution in [3.8, 4) is 11.4 Å². The molecule has 0 spiro atoms. The second-order valence-corrected chi connectivity index (χ2v) is 10.5. The molecule has 2 aromatic carbocycles. The van der Waals surface area contributed by atoms with Gasteiger partial charge in [-0.1, -0.05) is 68.9 Å². The number of rotatable bonds is 6. The van der Waals surface area contributed by atoms with E-state index in [0.717, 1.165) is 33.4 Å². The van der Waals surface area contributed by atoms with E-state index in [-0.39, 0.29) is 11.0 Å². The molecule has 5 aromatic rings. The number of furan rings is 1. The van der Waals surface area contributed by atoms with Gasteiger partial charge < -0.3 is 9.40 Å². The van der Waals surface area contributed by atoms with Crippen LogP contribution in [0.4, 0.5) is 0 Å². The average Bonchev–Trinajstić information content (AvgIpc) is 3.48. The zero-order chi connectivity index (χ0) is 24.6. The summed E-state index contributed by atoms with van der Waals surface area (Å²) in [4.78, 5) is 20.2. The molecule has 35 heavy (non-hydrogen) atoms. The standard InChI is InChI=1S/C27H27N5O2S/c1-17-7-5-9-21-23(17)28-22(29-25(21)33)16-35-26-31-30-24(32(26)15-20-8-6-14-34-20)18-10-12-19(13-11-18)27(2,3)4/h5-14H,15-16H2,1-4H3,(H,28,29,33). The highest BCUT2D eigenvalue weighted by atomic mass is 32.2. The number of H-pyrrole nitrogens is 1. The molecule has 0 aliphatic heterocycles. The fourth-order valence-electron chi connectivity index (χ4n) is 3.98. The van der Waals surface area contributed by atoms with Gasteiger partial charge in [0.25, 0.3) is 5.56 Å². The lowest BCUT2D eigenvalue weighted by molar-refractivity contribution is 0.485. The lowest BCUT2D eigenvalue weighted by atomic mass is 9.87. The minimum atomic E-state index is -0.133. The van der Waals surface area contributed by atoms with E-state index < -0.39 is 0 Å². The fraction of sp³-hybridized carbons (Fsp3) is 0.259. The van der Waals surface area contributed by atoms with Gasteiger partial charge in [0.15, 0.2) is 11.0 Å². The topological polar surface area (TPSA) is 89.6 Å². The summed E-state index contributed by atoms with van der Waals surface area (Å²) >= 11 is 1.48. The number of nitrogens with one attached hydrogen (secondary N) is 1. The van der Waals surface area contributed by atoms with Crippen molar-refractivity contribution in [2.75, 3.05) is 0 Å². The average molecular weight is 486 g/mol. The van der Waals surface area contributed by atoms with E-state index in [9.17, 15) is 4.79 Å². The Hall–Kier alpha value is -3.65. The van der Waals surface area contributed by atoms with Gasteiger partial charge in [-0.05, 0) is 41.7 Å². The van der Waals surface area contributed by atoms with Gasteiger partial charge in [0.05, 0.1) is 29.5 Å². The largest absolute Gasteiger partial charge is 0.467 e. The van der Waals surface area contributed by atoms with Crippen LogP contribution in [-0.4, -0.2) is 24.7 Å². The van der Waals surface area contributed by atoms with Crippen molar-refractivity contribution < 1.29 is 4.42 Å². The molecule has 0 aliphatic carbocycles. The van der Waals surface area contributed by atoms with Crippen molar-refractivity contribution >= 4 is 22.7 Å². The second-order valence-electron chi connectivity index (χ2n) is 9.57. The highest BCUT2D eigenvalue weighted by Crippen LogP contribution is 2.29. The summed E-state index contributed by atoms with van der Waals surface area (Å²) in [5.41, 5.74) is 3.88. The first-order chi connectivity index (χ1) is 16.8. The number of benzene rings is 2. The second kappa shape index (κ2) is 9.19. The van der Waals surface area contributed by atoms with Gasteiger partial charge in [-0.25, -0.2) is 4.98 Å². The van der Waals surface area contributed by atoms with Crippen molar-refractivity contribution in [1.82, 2.24) is 24.7 Å². The van der Waals surface area contributed by atoms with Crippen LogP contribution in [0, 0.1) is 6.92 Å². The molecule has 0 radical (unpaired) electrons. The summed E-state index contributed by atoms with van der Waals surface area (Å²) in [7, 11) is 0. The zero-order valence-corrected chi connectivity index (χ0v) is 21.0. The predicted molar refractivity (Wildman–Crippen MR) is 139 cm³/mol. The Balaban J connectivity index is 1.47. The van der Waals surface area contributed by atoms with E-state index in [0.29, 0.717) is 23.5 Å². The number of aromatic amines is 1. The monoisotopic (exact) mass is 485 g/mol. The molecule has 3 heterocycles. The normalized spacial score (nSPS) is 11.9. The molecule has 0 amide bonds. The summed E-state index contributed by atoms with van der Waals surface area (Å²) < 4.78 is 7.65. The summed E-state index contributed by atoms with van der Waals surface area (Å²) in [6.45, 7) is 9.05. The molecule has 7 nitrogen and oxygen atoms in total. The first-order valence-electron chi connectivity index (χ1n) is 11.5. The zero-order valence-electron chi connectivity index (χ0n) is 20.2. The Kier molecular flexibility index (Phi) is 6.06. The summed E-state index contributed by atoms with van der Waals surface area (Å²) in [6, 6.07) is 17.9. The molecule has 1 N–H and O–H groups in total. The maximum atomic E-state index is 12.6. The maximum absolute atomic E-state index is 12.6. The summed E-state index contributed by atoms with van der Waals surface area (Å²) in [6.07, 6.45) is 1.66. The van der Waals surface area contributed by atoms with E-state index >= 15 is 0 Å². The van der Waals surface area contributed by atoms with Gasteiger partial charge in [0.1, 0.15) is 11.6 Å². The van der Waals surface area contributed by atoms with Gasteiger partial charge in [-0.3, -0.25) is 9.36 Å². The van der Waals surface area contributed by atoms with Crippen LogP contribution in [0.2, 0.25) is 0 Å². The van der Waals surface area contributed by atoms with E-state index in [1.807, 2.05) is 35.8 Å². The Morgan fingerprint density at radius 2 is 1.83 bits per heavy atom. The Morgan fingerprint density at radius 3 is 2.54 bits per heavy atom. The van der Waals surface area contributed by atoms with E-state index in [2.05, 4.69) is 60.2 Å². The Labute approximate surface area is 207 Å². The maximum Gasteiger partial charge on any atom is 0.258 e. The fourth-order valence-corrected chi connectivity index (χ4v) is 4.79. The molecule has 0 bridgehead atoms. The van der Waals surface area contributed by atoms with Crippen LogP contribution in [0.1, 0.15) is 43.5 Å². The predicted octanol–water partition coefficient (Wildman–Crippen LogP) is 5.72. The smallest absolute Gasteiger partial charge is 0.258 e. The number of aromatic nitrogens is 5. The molecule has 0 saturated heterocycles. The summed E-state index contributed by atoms with van der Waals surface area (Å²) in [5, 5.41) is 10.3. The van der Waals surface area contributed by atoms with Crippen LogP contribution in [0.3, 0.4) is 0 Å². The van der Waals surface area contributed by atoms with E-state index in [1.165, 1.54) is 17.3 Å². The van der Waals surface area contributed by atoms with Crippen LogP contribution >= 0.6 is 11.8 Å². The minimum absolute atomic E-state index is 0.0729.